The summed E-state index contributed by atoms with van der Waals surface area (Å²) in [5, 5.41) is 6.60. The maximum atomic E-state index is 10.0. The predicted molar refractivity (Wildman–Crippen MR) is 45.4 cm³/mol. The monoisotopic (exact) mass is 170 g/mol. The predicted octanol–water partition coefficient (Wildman–Crippen LogP) is 0.0487. The van der Waals surface area contributed by atoms with E-state index in [1.54, 1.807) is 11.0 Å². The fourth-order valence-corrected chi connectivity index (χ4v) is 0.874. The van der Waals surface area contributed by atoms with Crippen LogP contribution in [0.1, 0.15) is 14.8 Å². The van der Waals surface area contributed by atoms with E-state index in [2.05, 4.69) is 15.4 Å². The van der Waals surface area contributed by atoms with Crippen molar-refractivity contribution in [3.05, 3.63) is 12.7 Å². The van der Waals surface area contributed by atoms with Crippen LogP contribution in [0.2, 0.25) is 0 Å². The summed E-state index contributed by atoms with van der Waals surface area (Å²) in [6.07, 6.45) is 4.74. The summed E-state index contributed by atoms with van der Waals surface area (Å²) in [5.41, 5.74) is 0. The molecule has 1 aromatic rings. The molecule has 0 aromatic carbocycles. The van der Waals surface area contributed by atoms with Crippen LogP contribution in [0.5, 0.6) is 0 Å². The Balaban J connectivity index is 0.00000144. The van der Waals surface area contributed by atoms with Crippen LogP contribution < -0.4 is 5.32 Å². The average molecular weight is 170 g/mol. The van der Waals surface area contributed by atoms with Crippen molar-refractivity contribution in [2.75, 3.05) is 0 Å². The molecule has 5 heteroatoms. The van der Waals surface area contributed by atoms with Crippen LogP contribution in [0.3, 0.4) is 0 Å². The van der Waals surface area contributed by atoms with Gasteiger partial charge in [0.1, 0.15) is 12.7 Å². The highest BCUT2D eigenvalue weighted by Crippen LogP contribution is 1.92. The number of aryl methyl sites for hydroxylation is 1. The number of hydrogen-bond donors (Lipinski definition) is 1. The Bertz CT molecular complexity index is 226. The Morgan fingerprint density at radius 2 is 2.67 bits per heavy atom. The van der Waals surface area contributed by atoms with Crippen molar-refractivity contribution in [2.45, 2.75) is 25.9 Å². The number of nitrogens with one attached hydrogen (secondary N) is 1. The molecule has 1 unspecified atom stereocenters. The van der Waals surface area contributed by atoms with Gasteiger partial charge in [-0.1, -0.05) is 0 Å². The molecular formula is C7H14N4O. The van der Waals surface area contributed by atoms with Gasteiger partial charge in [-0.3, -0.25) is 9.48 Å². The van der Waals surface area contributed by atoms with Gasteiger partial charge in [0.2, 0.25) is 6.41 Å². The molecule has 0 aliphatic carbocycles. The molecule has 0 fully saturated rings. The van der Waals surface area contributed by atoms with E-state index < -0.39 is 0 Å². The molecule has 1 N–H and O–H groups in total. The van der Waals surface area contributed by atoms with E-state index in [1.165, 1.54) is 6.33 Å². The minimum absolute atomic E-state index is 0. The first-order valence-electron chi connectivity index (χ1n) is 3.85. The smallest absolute Gasteiger partial charge is 0.207 e. The zero-order valence-electron chi connectivity index (χ0n) is 6.97. The van der Waals surface area contributed by atoms with Crippen molar-refractivity contribution in [3.63, 3.8) is 0 Å². The minimum Gasteiger partial charge on any atom is -0.356 e. The maximum absolute atomic E-state index is 10.0. The minimum atomic E-state index is 0. The van der Waals surface area contributed by atoms with Crippen LogP contribution in [-0.4, -0.2) is 27.2 Å². The number of carbonyl (C=O) groups excluding carboxylic acids is 1. The molecule has 0 spiro atoms. The Hall–Kier alpha value is -1.39. The third-order valence-electron chi connectivity index (χ3n) is 1.61. The van der Waals surface area contributed by atoms with Gasteiger partial charge < -0.3 is 5.32 Å². The molecule has 1 heterocycles. The standard InChI is InChI=1S/C7H12N4O.H2/c1-7(9-6-12)2-3-11-5-8-4-10-11;/h4-7H,2-3H2,1H3,(H,9,12);1H. The normalized spacial score (nSPS) is 12.4. The number of nitrogens with zero attached hydrogens (tertiary/aromatic N) is 3. The summed E-state index contributed by atoms with van der Waals surface area (Å²) in [6, 6.07) is 0.187. The summed E-state index contributed by atoms with van der Waals surface area (Å²) in [6.45, 7) is 2.73. The quantitative estimate of drug-likeness (QED) is 0.635. The van der Waals surface area contributed by atoms with E-state index >= 15 is 0 Å². The molecule has 0 saturated carbocycles. The Kier molecular flexibility index (Phi) is 3.25. The Morgan fingerprint density at radius 3 is 3.25 bits per heavy atom. The first-order chi connectivity index (χ1) is 5.83. The summed E-state index contributed by atoms with van der Waals surface area (Å²) < 4.78 is 1.74. The van der Waals surface area contributed by atoms with Gasteiger partial charge in [0.25, 0.3) is 0 Å². The van der Waals surface area contributed by atoms with E-state index in [1.807, 2.05) is 6.92 Å². The van der Waals surface area contributed by atoms with E-state index in [-0.39, 0.29) is 7.47 Å². The fourth-order valence-electron chi connectivity index (χ4n) is 0.874. The van der Waals surface area contributed by atoms with Crippen LogP contribution >= 0.6 is 0 Å². The SMILES string of the molecule is CC(CCn1cncn1)NC=O.[HH]. The number of hydrogen-bond acceptors (Lipinski definition) is 3. The molecule has 12 heavy (non-hydrogen) atoms. The van der Waals surface area contributed by atoms with Gasteiger partial charge in [-0.15, -0.1) is 0 Å². The van der Waals surface area contributed by atoms with Gasteiger partial charge in [-0.25, -0.2) is 4.98 Å². The summed E-state index contributed by atoms with van der Waals surface area (Å²) in [7, 11) is 0. The van der Waals surface area contributed by atoms with Crippen molar-refractivity contribution in [2.24, 2.45) is 0 Å². The van der Waals surface area contributed by atoms with Crippen molar-refractivity contribution >= 4 is 6.41 Å². The largest absolute Gasteiger partial charge is 0.356 e. The molecule has 1 aromatic heterocycles. The van der Waals surface area contributed by atoms with Crippen molar-refractivity contribution in [1.82, 2.24) is 20.1 Å². The lowest BCUT2D eigenvalue weighted by Crippen LogP contribution is -2.25. The molecule has 0 aliphatic rings. The fraction of sp³-hybridized carbons (Fsp3) is 0.571. The molecule has 5 nitrogen and oxygen atoms in total. The van der Waals surface area contributed by atoms with Gasteiger partial charge >= 0.3 is 0 Å². The number of rotatable bonds is 5. The molecule has 0 bridgehead atoms. The molecular weight excluding hydrogens is 156 g/mol. The second-order valence-electron chi connectivity index (χ2n) is 2.63. The number of amides is 1. The van der Waals surface area contributed by atoms with Gasteiger partial charge in [-0.2, -0.15) is 5.10 Å². The molecule has 0 aliphatic heterocycles. The molecule has 0 radical (unpaired) electrons. The summed E-state index contributed by atoms with van der Waals surface area (Å²) >= 11 is 0. The third kappa shape index (κ3) is 2.69. The summed E-state index contributed by atoms with van der Waals surface area (Å²) in [4.78, 5) is 13.8. The third-order valence-corrected chi connectivity index (χ3v) is 1.61. The van der Waals surface area contributed by atoms with Crippen LogP contribution in [0.4, 0.5) is 0 Å². The first-order valence-corrected chi connectivity index (χ1v) is 3.85. The van der Waals surface area contributed by atoms with Crippen LogP contribution in [0, 0.1) is 0 Å². The van der Waals surface area contributed by atoms with Crippen molar-refractivity contribution < 1.29 is 6.22 Å². The topological polar surface area (TPSA) is 59.8 Å². The lowest BCUT2D eigenvalue weighted by molar-refractivity contribution is -0.110. The average Bonchev–Trinajstić information content (AvgIpc) is 2.53. The second-order valence-corrected chi connectivity index (χ2v) is 2.63. The van der Waals surface area contributed by atoms with Crippen LogP contribution in [-0.2, 0) is 11.3 Å². The molecule has 1 amide bonds. The maximum Gasteiger partial charge on any atom is 0.207 e. The lowest BCUT2D eigenvalue weighted by Gasteiger charge is -2.08. The summed E-state index contributed by atoms with van der Waals surface area (Å²) in [5.74, 6) is 0. The second kappa shape index (κ2) is 4.48. The molecule has 1 atom stereocenters. The highest BCUT2D eigenvalue weighted by Gasteiger charge is 1.99. The van der Waals surface area contributed by atoms with E-state index in [9.17, 15) is 4.79 Å². The highest BCUT2D eigenvalue weighted by molar-refractivity contribution is 5.46. The molecule has 1 rings (SSSR count). The highest BCUT2D eigenvalue weighted by atomic mass is 16.1. The van der Waals surface area contributed by atoms with Gasteiger partial charge in [0, 0.05) is 14.0 Å². The van der Waals surface area contributed by atoms with E-state index in [0.29, 0.717) is 6.41 Å². The molecule has 68 valence electrons. The van der Waals surface area contributed by atoms with Gasteiger partial charge in [-0.05, 0) is 13.3 Å². The van der Waals surface area contributed by atoms with E-state index in [0.717, 1.165) is 13.0 Å². The van der Waals surface area contributed by atoms with E-state index in [4.69, 9.17) is 0 Å². The van der Waals surface area contributed by atoms with Gasteiger partial charge in [0.05, 0.1) is 0 Å². The Morgan fingerprint density at radius 1 is 1.83 bits per heavy atom. The lowest BCUT2D eigenvalue weighted by atomic mass is 10.2. The number of aromatic nitrogens is 3. The van der Waals surface area contributed by atoms with Crippen molar-refractivity contribution in [3.8, 4) is 0 Å². The molecule has 0 saturated heterocycles. The number of carbonyl (C=O) groups is 1. The zero-order valence-corrected chi connectivity index (χ0v) is 6.97. The first kappa shape index (κ1) is 8.70. The van der Waals surface area contributed by atoms with Crippen molar-refractivity contribution in [1.29, 1.82) is 0 Å². The Labute approximate surface area is 72.3 Å². The van der Waals surface area contributed by atoms with Gasteiger partial charge in [0.15, 0.2) is 0 Å². The zero-order chi connectivity index (χ0) is 8.81. The van der Waals surface area contributed by atoms with Crippen LogP contribution in [0.15, 0.2) is 12.7 Å². The van der Waals surface area contributed by atoms with Crippen LogP contribution in [0.25, 0.3) is 0 Å².